The van der Waals surface area contributed by atoms with Crippen LogP contribution in [0.1, 0.15) is 44.6 Å². The zero-order chi connectivity index (χ0) is 30.2. The summed E-state index contributed by atoms with van der Waals surface area (Å²) in [5.74, 6) is 1.28. The van der Waals surface area contributed by atoms with E-state index in [1.807, 2.05) is 43.4 Å². The van der Waals surface area contributed by atoms with Crippen molar-refractivity contribution >= 4 is 46.9 Å². The van der Waals surface area contributed by atoms with Crippen LogP contribution in [0.25, 0.3) is 23.1 Å². The number of anilines is 1. The third-order valence-electron chi connectivity index (χ3n) is 7.75. The first-order valence-electron chi connectivity index (χ1n) is 14.9. The van der Waals surface area contributed by atoms with Gasteiger partial charge in [-0.15, -0.1) is 6.58 Å². The van der Waals surface area contributed by atoms with Crippen molar-refractivity contribution in [2.75, 3.05) is 44.7 Å². The Bertz CT molecular complexity index is 1580. The van der Waals surface area contributed by atoms with Gasteiger partial charge in [-0.2, -0.15) is 15.1 Å². The van der Waals surface area contributed by atoms with E-state index in [-0.39, 0.29) is 12.1 Å². The van der Waals surface area contributed by atoms with Crippen molar-refractivity contribution in [1.29, 1.82) is 0 Å². The van der Waals surface area contributed by atoms with Gasteiger partial charge in [-0.3, -0.25) is 9.89 Å². The van der Waals surface area contributed by atoms with Gasteiger partial charge in [0.2, 0.25) is 6.41 Å². The molecule has 2 aromatic heterocycles. The van der Waals surface area contributed by atoms with Crippen LogP contribution in [0.15, 0.2) is 37.1 Å². The topological polar surface area (TPSA) is 108 Å². The fourth-order valence-corrected chi connectivity index (χ4v) is 5.44. The molecular weight excluding hydrogens is 566 g/mol. The number of rotatable bonds is 15. The molecule has 11 heteroatoms. The summed E-state index contributed by atoms with van der Waals surface area (Å²) < 4.78 is 12.9. The fraction of sp³-hybridized carbons (Fsp3) is 0.438. The first-order chi connectivity index (χ1) is 21.0. The van der Waals surface area contributed by atoms with Gasteiger partial charge in [0.05, 0.1) is 22.7 Å². The second-order valence-electron chi connectivity index (χ2n) is 10.9. The van der Waals surface area contributed by atoms with Crippen LogP contribution < -0.4 is 30.3 Å². The Hall–Kier alpha value is -3.89. The van der Waals surface area contributed by atoms with Crippen LogP contribution in [0.3, 0.4) is 0 Å². The highest BCUT2D eigenvalue weighted by Crippen LogP contribution is 2.42. The number of likely N-dealkylation sites (N-methyl/N-ethyl adjacent to an activating group) is 1. The molecule has 2 fully saturated rings. The second-order valence-corrected chi connectivity index (χ2v) is 11.4. The van der Waals surface area contributed by atoms with Crippen LogP contribution in [-0.4, -0.2) is 83.5 Å². The molecule has 1 saturated heterocycles. The van der Waals surface area contributed by atoms with Crippen molar-refractivity contribution in [1.82, 2.24) is 30.4 Å². The van der Waals surface area contributed by atoms with E-state index in [1.54, 1.807) is 6.20 Å². The van der Waals surface area contributed by atoms with Gasteiger partial charge in [-0.05, 0) is 70.8 Å². The van der Waals surface area contributed by atoms with Crippen LogP contribution in [0.2, 0.25) is 5.02 Å². The second kappa shape index (κ2) is 14.5. The summed E-state index contributed by atoms with van der Waals surface area (Å²) in [7, 11) is 2.12. The molecule has 5 rings (SSSR count). The number of hydrogen-bond acceptors (Lipinski definition) is 8. The Kier molecular flexibility index (Phi) is 10.3. The fourth-order valence-electron chi connectivity index (χ4n) is 5.19. The van der Waals surface area contributed by atoms with Crippen molar-refractivity contribution in [3.63, 3.8) is 0 Å². The van der Waals surface area contributed by atoms with E-state index in [9.17, 15) is 4.79 Å². The van der Waals surface area contributed by atoms with E-state index in [0.29, 0.717) is 60.8 Å². The first-order valence-corrected chi connectivity index (χ1v) is 15.3. The standard InChI is InChI=1S/C32H40ClN7O3/c1-4-6-10-28-22(19-35-38-28)17-25-27(33)18-26-29(30(25)43-24-11-12-24)36-32(42-20-23-9-8-14-39(23)3)37-31(26)40(15-7-5-2)16-13-34-21-41/h4-6,10,17-19,21,23-24,38H,2,7-9,11-16,20H2,1,3H3,(H,34,41)/b6-4+,22-17+,28-10+. The van der Waals surface area contributed by atoms with E-state index in [0.717, 1.165) is 60.2 Å². The van der Waals surface area contributed by atoms with E-state index in [1.165, 1.54) is 0 Å². The van der Waals surface area contributed by atoms with E-state index >= 15 is 0 Å². The van der Waals surface area contributed by atoms with Crippen molar-refractivity contribution in [2.45, 2.75) is 51.2 Å². The van der Waals surface area contributed by atoms with E-state index in [4.69, 9.17) is 31.0 Å². The number of allylic oxidation sites excluding steroid dienone is 2. The number of amides is 1. The number of nitrogens with one attached hydrogen (secondary N) is 2. The van der Waals surface area contributed by atoms with Crippen molar-refractivity contribution < 1.29 is 14.3 Å². The van der Waals surface area contributed by atoms with Gasteiger partial charge in [-0.25, -0.2) is 0 Å². The molecule has 3 heterocycles. The highest BCUT2D eigenvalue weighted by molar-refractivity contribution is 6.33. The molecule has 0 bridgehead atoms. The van der Waals surface area contributed by atoms with Gasteiger partial charge >= 0.3 is 6.01 Å². The van der Waals surface area contributed by atoms with Gasteiger partial charge in [0.1, 0.15) is 17.9 Å². The lowest BCUT2D eigenvalue weighted by molar-refractivity contribution is -0.109. The third kappa shape index (κ3) is 7.55. The lowest BCUT2D eigenvalue weighted by atomic mass is 10.1. The molecule has 0 spiro atoms. The molecule has 1 saturated carbocycles. The molecule has 0 radical (unpaired) electrons. The van der Waals surface area contributed by atoms with Crippen LogP contribution in [-0.2, 0) is 4.79 Å². The average Bonchev–Trinajstić information content (AvgIpc) is 3.56. The summed E-state index contributed by atoms with van der Waals surface area (Å²) in [4.78, 5) is 25.3. The molecular formula is C32H40ClN7O3. The number of carbonyl (C=O) groups is 1. The molecule has 2 aliphatic rings. The maximum Gasteiger partial charge on any atom is 0.319 e. The molecule has 1 atom stereocenters. The lowest BCUT2D eigenvalue weighted by Gasteiger charge is -2.26. The molecule has 228 valence electrons. The van der Waals surface area contributed by atoms with Crippen molar-refractivity contribution in [3.05, 3.63) is 58.2 Å². The molecule has 1 aromatic carbocycles. The molecule has 1 aliphatic carbocycles. The number of likely N-dealkylation sites (tertiary alicyclic amines) is 1. The van der Waals surface area contributed by atoms with Crippen molar-refractivity contribution in [3.8, 4) is 11.8 Å². The quantitative estimate of drug-likeness (QED) is 0.154. The Labute approximate surface area is 257 Å². The highest BCUT2D eigenvalue weighted by Gasteiger charge is 2.29. The number of benzene rings is 1. The molecule has 3 aromatic rings. The van der Waals surface area contributed by atoms with Gasteiger partial charge < -0.3 is 24.6 Å². The van der Waals surface area contributed by atoms with Gasteiger partial charge in [0.25, 0.3) is 0 Å². The van der Waals surface area contributed by atoms with Crippen molar-refractivity contribution in [2.24, 2.45) is 0 Å². The maximum absolute atomic E-state index is 11.0. The summed E-state index contributed by atoms with van der Waals surface area (Å²) in [6.45, 7) is 9.04. The molecule has 1 unspecified atom stereocenters. The van der Waals surface area contributed by atoms with Crippen LogP contribution in [0.4, 0.5) is 5.82 Å². The van der Waals surface area contributed by atoms with Gasteiger partial charge in [-0.1, -0.05) is 29.8 Å². The number of fused-ring (bicyclic) bond motifs is 1. The number of carbonyl (C=O) groups excluding carboxylic acids is 1. The smallest absolute Gasteiger partial charge is 0.319 e. The molecule has 43 heavy (non-hydrogen) atoms. The minimum absolute atomic E-state index is 0.0933. The van der Waals surface area contributed by atoms with Crippen LogP contribution >= 0.6 is 11.6 Å². The first kappa shape index (κ1) is 30.6. The Balaban J connectivity index is 1.69. The van der Waals surface area contributed by atoms with Crippen LogP contribution in [0.5, 0.6) is 11.8 Å². The largest absolute Gasteiger partial charge is 0.487 e. The summed E-state index contributed by atoms with van der Waals surface area (Å²) in [5.41, 5.74) is 1.36. The number of hydrogen-bond donors (Lipinski definition) is 2. The average molecular weight is 606 g/mol. The number of ether oxygens (including phenoxy) is 2. The Morgan fingerprint density at radius 3 is 2.86 bits per heavy atom. The summed E-state index contributed by atoms with van der Waals surface area (Å²) in [5, 5.41) is 13.1. The molecule has 2 N–H and O–H groups in total. The summed E-state index contributed by atoms with van der Waals surface area (Å²) in [6.07, 6.45) is 17.2. The van der Waals surface area contributed by atoms with Gasteiger partial charge in [0, 0.05) is 41.8 Å². The van der Waals surface area contributed by atoms with Gasteiger partial charge in [0.15, 0.2) is 5.75 Å². The molecule has 1 amide bonds. The number of aromatic amines is 1. The van der Waals surface area contributed by atoms with E-state index in [2.05, 4.69) is 38.9 Å². The third-order valence-corrected chi connectivity index (χ3v) is 8.06. The lowest BCUT2D eigenvalue weighted by Crippen LogP contribution is -2.33. The number of halogens is 1. The molecule has 1 aliphatic heterocycles. The maximum atomic E-state index is 11.0. The highest BCUT2D eigenvalue weighted by atomic mass is 35.5. The zero-order valence-corrected chi connectivity index (χ0v) is 25.6. The van der Waals surface area contributed by atoms with Crippen LogP contribution in [0, 0.1) is 0 Å². The Morgan fingerprint density at radius 1 is 1.28 bits per heavy atom. The zero-order valence-electron chi connectivity index (χ0n) is 24.9. The number of aromatic nitrogens is 4. The summed E-state index contributed by atoms with van der Waals surface area (Å²) in [6, 6.07) is 2.49. The molecule has 10 nitrogen and oxygen atoms in total. The SMILES string of the molecule is C=CCCN(CCNC=O)c1nc(OCC2CCCN2C)nc2c(OC3CC3)c(\C=c3/cn[nH]/c3=C/C=C/C)c(Cl)cc12. The number of nitrogens with zero attached hydrogens (tertiary/aromatic N) is 5. The Morgan fingerprint density at radius 2 is 2.14 bits per heavy atom. The van der Waals surface area contributed by atoms with E-state index < -0.39 is 0 Å². The monoisotopic (exact) mass is 605 g/mol. The minimum atomic E-state index is 0.0933. The minimum Gasteiger partial charge on any atom is -0.487 e. The number of H-pyrrole nitrogens is 1. The summed E-state index contributed by atoms with van der Waals surface area (Å²) >= 11 is 7.04. The predicted molar refractivity (Wildman–Crippen MR) is 171 cm³/mol. The normalized spacial score (nSPS) is 18.1. The predicted octanol–water partition coefficient (Wildman–Crippen LogP) is 3.33.